The smallest absolute Gasteiger partial charge is 0.227 e. The standard InChI is InChI=1S/C24H32N2O.ClH/c1-3-10-24(27)26(22-13-8-5-9-14-22)23-16-18-25(19-20(23)2)17-15-21-11-6-4-7-12-21;/h4-9,11-14,20,23H,3,10,15-19H2,1-2H3;1H/t20-,23+;/m1./s1. The van der Waals surface area contributed by atoms with E-state index in [9.17, 15) is 4.79 Å². The minimum Gasteiger partial charge on any atom is -0.309 e. The van der Waals surface area contributed by atoms with Crippen LogP contribution in [0.1, 0.15) is 38.7 Å². The third-order valence-electron chi connectivity index (χ3n) is 5.60. The SMILES string of the molecule is CCCC(=O)N(c1ccccc1)[C@H]1CCN(CCc2ccccc2)C[C@H]1C.Cl. The van der Waals surface area contributed by atoms with Crippen LogP contribution in [-0.2, 0) is 11.2 Å². The highest BCUT2D eigenvalue weighted by atomic mass is 35.5. The lowest BCUT2D eigenvalue weighted by Crippen LogP contribution is -2.52. The monoisotopic (exact) mass is 400 g/mol. The first kappa shape index (κ1) is 22.4. The summed E-state index contributed by atoms with van der Waals surface area (Å²) in [5.41, 5.74) is 2.45. The molecule has 0 N–H and O–H groups in total. The van der Waals surface area contributed by atoms with Crippen LogP contribution in [0.5, 0.6) is 0 Å². The van der Waals surface area contributed by atoms with Crippen molar-refractivity contribution >= 4 is 24.0 Å². The van der Waals surface area contributed by atoms with Crippen LogP contribution in [-0.4, -0.2) is 36.5 Å². The molecule has 0 unspecified atom stereocenters. The number of carbonyl (C=O) groups excluding carboxylic acids is 1. The number of hydrogen-bond donors (Lipinski definition) is 0. The minimum absolute atomic E-state index is 0. The molecule has 2 aromatic rings. The highest BCUT2D eigenvalue weighted by molar-refractivity contribution is 5.94. The molecule has 28 heavy (non-hydrogen) atoms. The van der Waals surface area contributed by atoms with Gasteiger partial charge >= 0.3 is 0 Å². The fourth-order valence-corrected chi connectivity index (χ4v) is 4.18. The predicted molar refractivity (Wildman–Crippen MR) is 120 cm³/mol. The summed E-state index contributed by atoms with van der Waals surface area (Å²) in [6, 6.07) is 21.2. The quantitative estimate of drug-likeness (QED) is 0.638. The van der Waals surface area contributed by atoms with Crippen molar-refractivity contribution in [2.24, 2.45) is 5.92 Å². The molecule has 0 spiro atoms. The van der Waals surface area contributed by atoms with E-state index < -0.39 is 0 Å². The van der Waals surface area contributed by atoms with Gasteiger partial charge in [-0.05, 0) is 42.9 Å². The van der Waals surface area contributed by atoms with Crippen LogP contribution in [0, 0.1) is 5.92 Å². The maximum Gasteiger partial charge on any atom is 0.227 e. The van der Waals surface area contributed by atoms with Crippen molar-refractivity contribution in [3.8, 4) is 0 Å². The fraction of sp³-hybridized carbons (Fsp3) is 0.458. The number of likely N-dealkylation sites (tertiary alicyclic amines) is 1. The van der Waals surface area contributed by atoms with E-state index >= 15 is 0 Å². The van der Waals surface area contributed by atoms with Gasteiger partial charge in [0.2, 0.25) is 5.91 Å². The maximum atomic E-state index is 12.9. The van der Waals surface area contributed by atoms with E-state index in [0.717, 1.165) is 44.6 Å². The first-order valence-corrected chi connectivity index (χ1v) is 10.3. The van der Waals surface area contributed by atoms with E-state index in [4.69, 9.17) is 0 Å². The zero-order valence-corrected chi connectivity index (χ0v) is 17.9. The van der Waals surface area contributed by atoms with Crippen LogP contribution >= 0.6 is 12.4 Å². The average molecular weight is 401 g/mol. The Labute approximate surface area is 176 Å². The van der Waals surface area contributed by atoms with Crippen LogP contribution < -0.4 is 4.90 Å². The van der Waals surface area contributed by atoms with Crippen LogP contribution in [0.15, 0.2) is 60.7 Å². The maximum absolute atomic E-state index is 12.9. The Kier molecular flexibility index (Phi) is 9.01. The lowest BCUT2D eigenvalue weighted by atomic mass is 9.91. The number of para-hydroxylation sites is 1. The molecule has 1 saturated heterocycles. The van der Waals surface area contributed by atoms with Gasteiger partial charge in [0, 0.05) is 37.8 Å². The Morgan fingerprint density at radius 3 is 2.32 bits per heavy atom. The molecule has 1 heterocycles. The molecule has 1 amide bonds. The summed E-state index contributed by atoms with van der Waals surface area (Å²) in [4.78, 5) is 17.5. The van der Waals surface area contributed by atoms with Crippen molar-refractivity contribution in [1.29, 1.82) is 0 Å². The highest BCUT2D eigenvalue weighted by Gasteiger charge is 2.33. The molecular weight excluding hydrogens is 368 g/mol. The Morgan fingerprint density at radius 2 is 1.71 bits per heavy atom. The van der Waals surface area contributed by atoms with Crippen molar-refractivity contribution in [3.05, 3.63) is 66.2 Å². The lowest BCUT2D eigenvalue weighted by molar-refractivity contribution is -0.119. The second kappa shape index (κ2) is 11.2. The second-order valence-electron chi connectivity index (χ2n) is 7.72. The number of carbonyl (C=O) groups is 1. The Bertz CT molecular complexity index is 707. The minimum atomic E-state index is 0. The Hall–Kier alpha value is -1.84. The summed E-state index contributed by atoms with van der Waals surface area (Å²) in [7, 11) is 0. The number of rotatable bonds is 7. The van der Waals surface area contributed by atoms with Gasteiger partial charge < -0.3 is 9.80 Å². The summed E-state index contributed by atoms with van der Waals surface area (Å²) in [5.74, 6) is 0.730. The number of hydrogen-bond acceptors (Lipinski definition) is 2. The third-order valence-corrected chi connectivity index (χ3v) is 5.60. The van der Waals surface area contributed by atoms with Crippen LogP contribution in [0.2, 0.25) is 0 Å². The molecule has 1 aliphatic rings. The summed E-state index contributed by atoms with van der Waals surface area (Å²) in [6.07, 6.45) is 3.65. The van der Waals surface area contributed by atoms with E-state index in [2.05, 4.69) is 66.1 Å². The molecular formula is C24H33ClN2O. The van der Waals surface area contributed by atoms with Gasteiger partial charge in [0.15, 0.2) is 0 Å². The van der Waals surface area contributed by atoms with E-state index in [1.165, 1.54) is 5.56 Å². The predicted octanol–water partition coefficient (Wildman–Crippen LogP) is 5.19. The number of amides is 1. The number of anilines is 1. The van der Waals surface area contributed by atoms with E-state index in [1.807, 2.05) is 18.2 Å². The topological polar surface area (TPSA) is 23.6 Å². The molecule has 3 nitrogen and oxygen atoms in total. The molecule has 0 saturated carbocycles. The second-order valence-corrected chi connectivity index (χ2v) is 7.72. The van der Waals surface area contributed by atoms with Crippen molar-refractivity contribution in [2.75, 3.05) is 24.5 Å². The summed E-state index contributed by atoms with van der Waals surface area (Å²) in [6.45, 7) is 7.59. The van der Waals surface area contributed by atoms with Crippen molar-refractivity contribution in [2.45, 2.75) is 45.6 Å². The Balaban J connectivity index is 0.00000280. The molecule has 4 heteroatoms. The molecule has 2 aromatic carbocycles. The van der Waals surface area contributed by atoms with Gasteiger partial charge in [-0.15, -0.1) is 12.4 Å². The first-order valence-electron chi connectivity index (χ1n) is 10.3. The van der Waals surface area contributed by atoms with Gasteiger partial charge in [0.1, 0.15) is 0 Å². The molecule has 0 radical (unpaired) electrons. The first-order chi connectivity index (χ1) is 13.2. The summed E-state index contributed by atoms with van der Waals surface area (Å²) in [5, 5.41) is 0. The van der Waals surface area contributed by atoms with Gasteiger partial charge in [0.05, 0.1) is 0 Å². The number of halogens is 1. The van der Waals surface area contributed by atoms with Crippen molar-refractivity contribution in [3.63, 3.8) is 0 Å². The molecule has 1 fully saturated rings. The molecule has 152 valence electrons. The van der Waals surface area contributed by atoms with E-state index in [0.29, 0.717) is 18.4 Å². The fourth-order valence-electron chi connectivity index (χ4n) is 4.18. The number of piperidine rings is 1. The average Bonchev–Trinajstić information content (AvgIpc) is 2.70. The number of benzene rings is 2. The molecule has 2 atom stereocenters. The van der Waals surface area contributed by atoms with Crippen molar-refractivity contribution in [1.82, 2.24) is 4.90 Å². The van der Waals surface area contributed by atoms with Crippen LogP contribution in [0.25, 0.3) is 0 Å². The Morgan fingerprint density at radius 1 is 1.07 bits per heavy atom. The van der Waals surface area contributed by atoms with Gasteiger partial charge in [-0.25, -0.2) is 0 Å². The highest BCUT2D eigenvalue weighted by Crippen LogP contribution is 2.28. The van der Waals surface area contributed by atoms with Crippen LogP contribution in [0.4, 0.5) is 5.69 Å². The molecule has 1 aliphatic heterocycles. The zero-order valence-electron chi connectivity index (χ0n) is 17.1. The van der Waals surface area contributed by atoms with Crippen molar-refractivity contribution < 1.29 is 4.79 Å². The van der Waals surface area contributed by atoms with Gasteiger partial charge in [0.25, 0.3) is 0 Å². The molecule has 3 rings (SSSR count). The van der Waals surface area contributed by atoms with Gasteiger partial charge in [-0.3, -0.25) is 4.79 Å². The number of nitrogens with zero attached hydrogens (tertiary/aromatic N) is 2. The van der Waals surface area contributed by atoms with Gasteiger partial charge in [-0.2, -0.15) is 0 Å². The summed E-state index contributed by atoms with van der Waals surface area (Å²) >= 11 is 0. The normalized spacial score (nSPS) is 19.6. The lowest BCUT2D eigenvalue weighted by Gasteiger charge is -2.43. The van der Waals surface area contributed by atoms with Crippen LogP contribution in [0.3, 0.4) is 0 Å². The van der Waals surface area contributed by atoms with E-state index in [-0.39, 0.29) is 18.3 Å². The molecule has 0 bridgehead atoms. The molecule has 0 aromatic heterocycles. The zero-order chi connectivity index (χ0) is 19.1. The largest absolute Gasteiger partial charge is 0.309 e. The summed E-state index contributed by atoms with van der Waals surface area (Å²) < 4.78 is 0. The van der Waals surface area contributed by atoms with Gasteiger partial charge in [-0.1, -0.05) is 62.4 Å². The molecule has 0 aliphatic carbocycles. The van der Waals surface area contributed by atoms with E-state index in [1.54, 1.807) is 0 Å². The third kappa shape index (κ3) is 5.83.